The summed E-state index contributed by atoms with van der Waals surface area (Å²) in [6.07, 6.45) is 6.43. The molecule has 0 unspecified atom stereocenters. The fourth-order valence-corrected chi connectivity index (χ4v) is 3.34. The number of nitrogens with zero attached hydrogens (tertiary/aromatic N) is 1. The molecular formula is C14H16BrNO. The van der Waals surface area contributed by atoms with Crippen LogP contribution in [-0.4, -0.2) is 16.3 Å². The van der Waals surface area contributed by atoms with Crippen molar-refractivity contribution in [3.05, 3.63) is 33.9 Å². The predicted molar refractivity (Wildman–Crippen MR) is 73.4 cm³/mol. The van der Waals surface area contributed by atoms with E-state index in [0.29, 0.717) is 0 Å². The fourth-order valence-electron chi connectivity index (χ4n) is 2.79. The molecule has 1 aliphatic heterocycles. The molecule has 3 rings (SSSR count). The number of aromatic nitrogens is 1. The lowest BCUT2D eigenvalue weighted by molar-refractivity contribution is 0.288. The molecule has 0 saturated carbocycles. The Bertz CT molecular complexity index is 559. The number of rotatable bonds is 3. The molecule has 0 spiro atoms. The first-order valence-electron chi connectivity index (χ1n) is 6.20. The monoisotopic (exact) mass is 293 g/mol. The van der Waals surface area contributed by atoms with Gasteiger partial charge in [0.15, 0.2) is 0 Å². The number of aliphatic hydroxyl groups excluding tert-OH is 1. The van der Waals surface area contributed by atoms with Gasteiger partial charge in [0.05, 0.1) is 5.52 Å². The Morgan fingerprint density at radius 1 is 1.35 bits per heavy atom. The van der Waals surface area contributed by atoms with Crippen LogP contribution in [0.3, 0.4) is 0 Å². The Morgan fingerprint density at radius 3 is 3.06 bits per heavy atom. The molecular weight excluding hydrogens is 278 g/mol. The van der Waals surface area contributed by atoms with Crippen molar-refractivity contribution >= 4 is 26.8 Å². The third kappa shape index (κ3) is 1.91. The Balaban J connectivity index is 2.14. The molecule has 17 heavy (non-hydrogen) atoms. The molecule has 2 heterocycles. The fraction of sp³-hybridized carbons (Fsp3) is 0.429. The second kappa shape index (κ2) is 4.46. The average Bonchev–Trinajstić information content (AvgIpc) is 2.66. The summed E-state index contributed by atoms with van der Waals surface area (Å²) in [5, 5.41) is 10.3. The highest BCUT2D eigenvalue weighted by Gasteiger charge is 2.16. The van der Waals surface area contributed by atoms with E-state index in [4.69, 9.17) is 5.11 Å². The van der Waals surface area contributed by atoms with E-state index in [0.717, 1.165) is 19.4 Å². The molecule has 1 aromatic carbocycles. The molecule has 0 fully saturated rings. The molecule has 1 N–H and O–H groups in total. The molecule has 3 heteroatoms. The van der Waals surface area contributed by atoms with Crippen molar-refractivity contribution in [2.75, 3.05) is 6.61 Å². The summed E-state index contributed by atoms with van der Waals surface area (Å²) in [4.78, 5) is 0. The van der Waals surface area contributed by atoms with Crippen LogP contribution in [0, 0.1) is 0 Å². The maximum absolute atomic E-state index is 8.92. The lowest BCUT2D eigenvalue weighted by atomic mass is 9.98. The van der Waals surface area contributed by atoms with Crippen molar-refractivity contribution in [2.45, 2.75) is 32.2 Å². The van der Waals surface area contributed by atoms with E-state index in [1.807, 2.05) is 0 Å². The molecule has 0 aliphatic carbocycles. The Morgan fingerprint density at radius 2 is 2.24 bits per heavy atom. The molecule has 0 bridgehead atoms. The van der Waals surface area contributed by atoms with E-state index in [2.05, 4.69) is 38.8 Å². The van der Waals surface area contributed by atoms with Crippen LogP contribution in [0.15, 0.2) is 22.8 Å². The molecule has 0 saturated heterocycles. The Labute approximate surface area is 109 Å². The first-order chi connectivity index (χ1) is 8.29. The Hall–Kier alpha value is -0.800. The van der Waals surface area contributed by atoms with Gasteiger partial charge in [-0.15, -0.1) is 0 Å². The van der Waals surface area contributed by atoms with Gasteiger partial charge in [-0.1, -0.05) is 6.07 Å². The van der Waals surface area contributed by atoms with Crippen molar-refractivity contribution in [3.8, 4) is 0 Å². The smallest absolute Gasteiger partial charge is 0.0524 e. The van der Waals surface area contributed by atoms with Gasteiger partial charge in [0.2, 0.25) is 0 Å². The van der Waals surface area contributed by atoms with Crippen LogP contribution in [0.25, 0.3) is 10.9 Å². The zero-order valence-electron chi connectivity index (χ0n) is 9.75. The highest BCUT2D eigenvalue weighted by Crippen LogP contribution is 2.33. The van der Waals surface area contributed by atoms with Gasteiger partial charge in [-0.05, 0) is 58.8 Å². The number of hydrogen-bond donors (Lipinski definition) is 1. The van der Waals surface area contributed by atoms with Gasteiger partial charge >= 0.3 is 0 Å². The molecule has 2 nitrogen and oxygen atoms in total. The van der Waals surface area contributed by atoms with Crippen molar-refractivity contribution in [1.82, 2.24) is 4.57 Å². The largest absolute Gasteiger partial charge is 0.396 e. The molecule has 0 atom stereocenters. The summed E-state index contributed by atoms with van der Waals surface area (Å²) in [5.74, 6) is 0. The minimum absolute atomic E-state index is 0.273. The lowest BCUT2D eigenvalue weighted by Crippen LogP contribution is -2.07. The molecule has 1 aliphatic rings. The number of aryl methyl sites for hydroxylation is 3. The SMILES string of the molecule is OCCCc1cc2c3c(c1)c(Br)cn3CCC2. The van der Waals surface area contributed by atoms with Crippen LogP contribution < -0.4 is 0 Å². The van der Waals surface area contributed by atoms with Gasteiger partial charge < -0.3 is 9.67 Å². The minimum atomic E-state index is 0.273. The predicted octanol–water partition coefficient (Wildman–Crippen LogP) is 3.27. The van der Waals surface area contributed by atoms with E-state index >= 15 is 0 Å². The molecule has 90 valence electrons. The Kier molecular flexibility index (Phi) is 2.97. The third-order valence-electron chi connectivity index (χ3n) is 3.53. The summed E-state index contributed by atoms with van der Waals surface area (Å²) in [7, 11) is 0. The summed E-state index contributed by atoms with van der Waals surface area (Å²) < 4.78 is 3.55. The zero-order valence-corrected chi connectivity index (χ0v) is 11.3. The maximum atomic E-state index is 8.92. The second-order valence-corrected chi connectivity index (χ2v) is 5.61. The van der Waals surface area contributed by atoms with E-state index in [-0.39, 0.29) is 6.61 Å². The van der Waals surface area contributed by atoms with Gasteiger partial charge in [0.25, 0.3) is 0 Å². The third-order valence-corrected chi connectivity index (χ3v) is 4.16. The average molecular weight is 294 g/mol. The van der Waals surface area contributed by atoms with Gasteiger partial charge in [0.1, 0.15) is 0 Å². The van der Waals surface area contributed by atoms with Crippen molar-refractivity contribution in [3.63, 3.8) is 0 Å². The van der Waals surface area contributed by atoms with Crippen LogP contribution in [0.5, 0.6) is 0 Å². The quantitative estimate of drug-likeness (QED) is 0.923. The van der Waals surface area contributed by atoms with E-state index in [1.165, 1.54) is 39.3 Å². The van der Waals surface area contributed by atoms with Gasteiger partial charge in [-0.3, -0.25) is 0 Å². The zero-order chi connectivity index (χ0) is 11.8. The number of aliphatic hydroxyl groups is 1. The van der Waals surface area contributed by atoms with Crippen LogP contribution >= 0.6 is 15.9 Å². The van der Waals surface area contributed by atoms with Crippen LogP contribution in [0.4, 0.5) is 0 Å². The van der Waals surface area contributed by atoms with Crippen molar-refractivity contribution in [2.24, 2.45) is 0 Å². The van der Waals surface area contributed by atoms with Gasteiger partial charge in [0, 0.05) is 29.2 Å². The van der Waals surface area contributed by atoms with Gasteiger partial charge in [-0.2, -0.15) is 0 Å². The summed E-state index contributed by atoms with van der Waals surface area (Å²) in [6.45, 7) is 1.40. The molecule has 0 amide bonds. The summed E-state index contributed by atoms with van der Waals surface area (Å²) in [5.41, 5.74) is 4.21. The highest BCUT2D eigenvalue weighted by atomic mass is 79.9. The summed E-state index contributed by atoms with van der Waals surface area (Å²) in [6, 6.07) is 4.58. The van der Waals surface area contributed by atoms with E-state index < -0.39 is 0 Å². The molecule has 2 aromatic rings. The van der Waals surface area contributed by atoms with Crippen LogP contribution in [-0.2, 0) is 19.4 Å². The highest BCUT2D eigenvalue weighted by molar-refractivity contribution is 9.10. The topological polar surface area (TPSA) is 25.2 Å². The second-order valence-electron chi connectivity index (χ2n) is 4.75. The molecule has 1 aromatic heterocycles. The summed E-state index contributed by atoms with van der Waals surface area (Å²) >= 11 is 3.65. The van der Waals surface area contributed by atoms with E-state index in [9.17, 15) is 0 Å². The van der Waals surface area contributed by atoms with Crippen LogP contribution in [0.1, 0.15) is 24.0 Å². The van der Waals surface area contributed by atoms with E-state index in [1.54, 1.807) is 0 Å². The maximum Gasteiger partial charge on any atom is 0.0524 e. The first-order valence-corrected chi connectivity index (χ1v) is 7.00. The lowest BCUT2D eigenvalue weighted by Gasteiger charge is -2.16. The minimum Gasteiger partial charge on any atom is -0.396 e. The van der Waals surface area contributed by atoms with Crippen molar-refractivity contribution < 1.29 is 5.11 Å². The number of hydrogen-bond acceptors (Lipinski definition) is 1. The first kappa shape index (κ1) is 11.3. The standard InChI is InChI=1S/C14H16BrNO/c15-13-9-16-5-1-4-11-7-10(3-2-6-17)8-12(13)14(11)16/h7-9,17H,1-6H2. The molecule has 0 radical (unpaired) electrons. The van der Waals surface area contributed by atoms with Crippen LogP contribution in [0.2, 0.25) is 0 Å². The van der Waals surface area contributed by atoms with Crippen molar-refractivity contribution in [1.29, 1.82) is 0 Å². The number of benzene rings is 1. The normalized spacial score (nSPS) is 14.5. The number of halogens is 1. The van der Waals surface area contributed by atoms with Gasteiger partial charge in [-0.25, -0.2) is 0 Å².